The second-order valence-electron chi connectivity index (χ2n) is 5.01. The maximum absolute atomic E-state index is 12.3. The maximum atomic E-state index is 12.3. The molecule has 3 nitrogen and oxygen atoms in total. The summed E-state index contributed by atoms with van der Waals surface area (Å²) in [6.07, 6.45) is -4.12. The number of piperazine rings is 1. The first-order chi connectivity index (χ1) is 9.33. The number of anilines is 1. The molecule has 112 valence electrons. The lowest BCUT2D eigenvalue weighted by atomic mass is 10.1. The van der Waals surface area contributed by atoms with E-state index in [2.05, 4.69) is 4.90 Å². The third-order valence-corrected chi connectivity index (χ3v) is 3.60. The molecule has 1 aromatic rings. The quantitative estimate of drug-likeness (QED) is 0.871. The molecule has 0 saturated carbocycles. The minimum atomic E-state index is -4.12. The Balaban J connectivity index is 1.85. The molecule has 0 bridgehead atoms. The highest BCUT2D eigenvalue weighted by molar-refractivity contribution is 6.30. The van der Waals surface area contributed by atoms with Crippen molar-refractivity contribution in [3.63, 3.8) is 0 Å². The molecule has 1 saturated heterocycles. The molecule has 7 heteroatoms. The Morgan fingerprint density at radius 2 is 1.70 bits per heavy atom. The molecule has 1 fully saturated rings. The predicted octanol–water partition coefficient (Wildman–Crippen LogP) is 2.60. The monoisotopic (exact) mass is 307 g/mol. The molecule has 2 rings (SSSR count). The average molecular weight is 308 g/mol. The number of nitrogens with zero attached hydrogens (tertiary/aromatic N) is 2. The van der Waals surface area contributed by atoms with Gasteiger partial charge in [0.05, 0.1) is 6.54 Å². The molecule has 0 amide bonds. The highest BCUT2D eigenvalue weighted by Crippen LogP contribution is 2.21. The van der Waals surface area contributed by atoms with Gasteiger partial charge in [-0.3, -0.25) is 9.80 Å². The molecule has 20 heavy (non-hydrogen) atoms. The van der Waals surface area contributed by atoms with Crippen molar-refractivity contribution in [1.29, 1.82) is 0 Å². The van der Waals surface area contributed by atoms with Gasteiger partial charge < -0.3 is 5.73 Å². The van der Waals surface area contributed by atoms with Crippen molar-refractivity contribution >= 4 is 17.3 Å². The third-order valence-electron chi connectivity index (χ3n) is 3.37. The SMILES string of the molecule is Nc1cc(Cl)ccc1CN1CCN(CC(F)(F)F)CC1. The van der Waals surface area contributed by atoms with E-state index in [0.717, 1.165) is 5.56 Å². The minimum Gasteiger partial charge on any atom is -0.398 e. The van der Waals surface area contributed by atoms with Crippen molar-refractivity contribution in [2.75, 3.05) is 38.5 Å². The number of halogens is 4. The molecular weight excluding hydrogens is 291 g/mol. The van der Waals surface area contributed by atoms with Gasteiger partial charge in [-0.2, -0.15) is 13.2 Å². The number of rotatable bonds is 3. The van der Waals surface area contributed by atoms with E-state index in [-0.39, 0.29) is 0 Å². The Morgan fingerprint density at radius 3 is 2.25 bits per heavy atom. The molecule has 0 radical (unpaired) electrons. The summed E-state index contributed by atoms with van der Waals surface area (Å²) in [6.45, 7) is 1.88. The van der Waals surface area contributed by atoms with Crippen LogP contribution in [0.1, 0.15) is 5.56 Å². The summed E-state index contributed by atoms with van der Waals surface area (Å²) in [7, 11) is 0. The van der Waals surface area contributed by atoms with Crippen LogP contribution in [0.3, 0.4) is 0 Å². The maximum Gasteiger partial charge on any atom is 0.401 e. The Morgan fingerprint density at radius 1 is 1.10 bits per heavy atom. The second kappa shape index (κ2) is 6.20. The molecular formula is C13H17ClF3N3. The van der Waals surface area contributed by atoms with Gasteiger partial charge in [-0.15, -0.1) is 0 Å². The lowest BCUT2D eigenvalue weighted by Crippen LogP contribution is -2.48. The van der Waals surface area contributed by atoms with Crippen molar-refractivity contribution < 1.29 is 13.2 Å². The molecule has 1 heterocycles. The van der Waals surface area contributed by atoms with Gasteiger partial charge >= 0.3 is 6.18 Å². The van der Waals surface area contributed by atoms with E-state index in [9.17, 15) is 13.2 Å². The van der Waals surface area contributed by atoms with Crippen molar-refractivity contribution in [3.05, 3.63) is 28.8 Å². The highest BCUT2D eigenvalue weighted by atomic mass is 35.5. The Hall–Kier alpha value is -0.980. The van der Waals surface area contributed by atoms with Crippen LogP contribution in [0.2, 0.25) is 5.02 Å². The smallest absolute Gasteiger partial charge is 0.398 e. The lowest BCUT2D eigenvalue weighted by molar-refractivity contribution is -0.149. The van der Waals surface area contributed by atoms with Crippen molar-refractivity contribution in [3.8, 4) is 0 Å². The zero-order valence-electron chi connectivity index (χ0n) is 11.0. The summed E-state index contributed by atoms with van der Waals surface area (Å²) in [6, 6.07) is 5.32. The summed E-state index contributed by atoms with van der Waals surface area (Å²) in [5.41, 5.74) is 7.46. The van der Waals surface area contributed by atoms with Gasteiger partial charge in [0.15, 0.2) is 0 Å². The van der Waals surface area contributed by atoms with Gasteiger partial charge in [0.25, 0.3) is 0 Å². The van der Waals surface area contributed by atoms with Crippen LogP contribution < -0.4 is 5.73 Å². The lowest BCUT2D eigenvalue weighted by Gasteiger charge is -2.35. The fraction of sp³-hybridized carbons (Fsp3) is 0.538. The first-order valence-corrected chi connectivity index (χ1v) is 6.77. The summed E-state index contributed by atoms with van der Waals surface area (Å²) < 4.78 is 36.9. The fourth-order valence-electron chi connectivity index (χ4n) is 2.31. The molecule has 0 aliphatic carbocycles. The van der Waals surface area contributed by atoms with E-state index in [1.54, 1.807) is 12.1 Å². The van der Waals surface area contributed by atoms with E-state index in [0.29, 0.717) is 43.4 Å². The third kappa shape index (κ3) is 4.54. The molecule has 0 aromatic heterocycles. The summed E-state index contributed by atoms with van der Waals surface area (Å²) in [5, 5.41) is 0.584. The minimum absolute atomic E-state index is 0.424. The zero-order chi connectivity index (χ0) is 14.8. The number of alkyl halides is 3. The van der Waals surface area contributed by atoms with E-state index < -0.39 is 12.7 Å². The van der Waals surface area contributed by atoms with Crippen LogP contribution in [-0.2, 0) is 6.54 Å². The van der Waals surface area contributed by atoms with Gasteiger partial charge in [-0.1, -0.05) is 17.7 Å². The van der Waals surface area contributed by atoms with Gasteiger partial charge in [-0.25, -0.2) is 0 Å². The number of hydrogen-bond acceptors (Lipinski definition) is 3. The molecule has 0 unspecified atom stereocenters. The number of benzene rings is 1. The van der Waals surface area contributed by atoms with Gasteiger partial charge in [-0.05, 0) is 17.7 Å². The molecule has 0 spiro atoms. The first kappa shape index (κ1) is 15.4. The molecule has 0 atom stereocenters. The average Bonchev–Trinajstić information content (AvgIpc) is 2.33. The van der Waals surface area contributed by atoms with Crippen LogP contribution in [0.4, 0.5) is 18.9 Å². The van der Waals surface area contributed by atoms with Crippen molar-refractivity contribution in [2.24, 2.45) is 0 Å². The van der Waals surface area contributed by atoms with Gasteiger partial charge in [0, 0.05) is 43.4 Å². The largest absolute Gasteiger partial charge is 0.401 e. The van der Waals surface area contributed by atoms with E-state index in [4.69, 9.17) is 17.3 Å². The van der Waals surface area contributed by atoms with Crippen LogP contribution in [-0.4, -0.2) is 48.7 Å². The fourth-order valence-corrected chi connectivity index (χ4v) is 2.49. The van der Waals surface area contributed by atoms with Crippen LogP contribution in [0, 0.1) is 0 Å². The number of hydrogen-bond donors (Lipinski definition) is 1. The number of nitrogens with two attached hydrogens (primary N) is 1. The Kier molecular flexibility index (Phi) is 4.78. The van der Waals surface area contributed by atoms with Gasteiger partial charge in [0.1, 0.15) is 0 Å². The van der Waals surface area contributed by atoms with Crippen LogP contribution in [0.15, 0.2) is 18.2 Å². The molecule has 2 N–H and O–H groups in total. The summed E-state index contributed by atoms with van der Waals surface area (Å²) in [5.74, 6) is 0. The summed E-state index contributed by atoms with van der Waals surface area (Å²) in [4.78, 5) is 3.54. The van der Waals surface area contributed by atoms with E-state index in [1.807, 2.05) is 6.07 Å². The van der Waals surface area contributed by atoms with Gasteiger partial charge in [0.2, 0.25) is 0 Å². The Labute approximate surface area is 121 Å². The number of nitrogen functional groups attached to an aromatic ring is 1. The van der Waals surface area contributed by atoms with Crippen molar-refractivity contribution in [2.45, 2.75) is 12.7 Å². The van der Waals surface area contributed by atoms with E-state index in [1.165, 1.54) is 4.90 Å². The topological polar surface area (TPSA) is 32.5 Å². The standard InChI is InChI=1S/C13H17ClF3N3/c14-11-2-1-10(12(18)7-11)8-19-3-5-20(6-4-19)9-13(15,16)17/h1-2,7H,3-6,8-9,18H2. The molecule has 1 aromatic carbocycles. The molecule has 1 aliphatic rings. The van der Waals surface area contributed by atoms with Crippen LogP contribution in [0.25, 0.3) is 0 Å². The zero-order valence-corrected chi connectivity index (χ0v) is 11.7. The normalized spacial score (nSPS) is 18.4. The summed E-state index contributed by atoms with van der Waals surface area (Å²) >= 11 is 5.83. The first-order valence-electron chi connectivity index (χ1n) is 6.39. The van der Waals surface area contributed by atoms with E-state index >= 15 is 0 Å². The van der Waals surface area contributed by atoms with Crippen molar-refractivity contribution in [1.82, 2.24) is 9.80 Å². The Bertz CT molecular complexity index is 457. The van der Waals surface area contributed by atoms with Crippen LogP contribution >= 0.6 is 11.6 Å². The second-order valence-corrected chi connectivity index (χ2v) is 5.45. The van der Waals surface area contributed by atoms with Crippen LogP contribution in [0.5, 0.6) is 0 Å². The predicted molar refractivity (Wildman–Crippen MR) is 73.6 cm³/mol. The highest BCUT2D eigenvalue weighted by Gasteiger charge is 2.32. The molecule has 1 aliphatic heterocycles.